The third-order valence-electron chi connectivity index (χ3n) is 2.54. The number of hydrogen-bond acceptors (Lipinski definition) is 6. The quantitative estimate of drug-likeness (QED) is 0.721. The molecule has 6 heteroatoms. The van der Waals surface area contributed by atoms with Gasteiger partial charge < -0.3 is 0 Å². The topological polar surface area (TPSA) is 62.5 Å². The molecule has 0 saturated heterocycles. The number of para-hydroxylation sites is 1. The van der Waals surface area contributed by atoms with Crippen LogP contribution < -0.4 is 0 Å². The van der Waals surface area contributed by atoms with Crippen LogP contribution in [0.15, 0.2) is 39.7 Å². The maximum atomic E-state index is 9.23. The minimum Gasteiger partial charge on any atom is -0.255 e. The molecular weight excluding hydrogens is 276 g/mol. The molecule has 0 aliphatic rings. The summed E-state index contributed by atoms with van der Waals surface area (Å²) < 4.78 is 5.00. The first-order chi connectivity index (χ1) is 9.28. The van der Waals surface area contributed by atoms with Gasteiger partial charge in [-0.1, -0.05) is 30.0 Å². The maximum Gasteiger partial charge on any atom is 0.174 e. The molecule has 4 nitrogen and oxygen atoms in total. The Morgan fingerprint density at radius 2 is 2.16 bits per heavy atom. The van der Waals surface area contributed by atoms with Gasteiger partial charge in [-0.25, -0.2) is 4.98 Å². The molecular formula is C13H8N4S2. The summed E-state index contributed by atoms with van der Waals surface area (Å²) in [5.41, 5.74) is 1.45. The molecule has 0 saturated carbocycles. The van der Waals surface area contributed by atoms with Crippen LogP contribution in [0.25, 0.3) is 10.9 Å². The number of nitrogens with zero attached hydrogens (tertiary/aromatic N) is 4. The minimum atomic E-state index is 0.566. The highest BCUT2D eigenvalue weighted by molar-refractivity contribution is 8.01. The van der Waals surface area contributed by atoms with Crippen molar-refractivity contribution in [3.05, 3.63) is 41.9 Å². The molecule has 1 aromatic carbocycles. The Bertz CT molecular complexity index is 789. The first-order valence-corrected chi connectivity index (χ1v) is 7.13. The molecule has 92 valence electrons. The summed E-state index contributed by atoms with van der Waals surface area (Å²) in [5, 5.41) is 10.2. The molecule has 0 aliphatic carbocycles. The van der Waals surface area contributed by atoms with Crippen molar-refractivity contribution >= 4 is 34.2 Å². The molecule has 0 amide bonds. The lowest BCUT2D eigenvalue weighted by atomic mass is 10.2. The Balaban J connectivity index is 2.17. The van der Waals surface area contributed by atoms with E-state index < -0.39 is 0 Å². The molecule has 0 aliphatic heterocycles. The molecule has 0 bridgehead atoms. The lowest BCUT2D eigenvalue weighted by molar-refractivity contribution is 1.10. The van der Waals surface area contributed by atoms with E-state index in [1.54, 1.807) is 6.20 Å². The van der Waals surface area contributed by atoms with Gasteiger partial charge in [0.05, 0.1) is 11.1 Å². The highest BCUT2D eigenvalue weighted by Gasteiger charge is 2.12. The molecule has 19 heavy (non-hydrogen) atoms. The van der Waals surface area contributed by atoms with E-state index in [-0.39, 0.29) is 0 Å². The van der Waals surface area contributed by atoms with Gasteiger partial charge in [-0.05, 0) is 24.5 Å². The molecule has 3 aromatic rings. The number of aryl methyl sites for hydroxylation is 1. The number of rotatable bonds is 2. The highest BCUT2D eigenvalue weighted by Crippen LogP contribution is 2.35. The van der Waals surface area contributed by atoms with Crippen molar-refractivity contribution in [3.8, 4) is 6.07 Å². The zero-order valence-corrected chi connectivity index (χ0v) is 11.6. The molecule has 2 heterocycles. The zero-order chi connectivity index (χ0) is 13.2. The van der Waals surface area contributed by atoms with E-state index in [1.807, 2.05) is 31.2 Å². The van der Waals surface area contributed by atoms with Gasteiger partial charge in [-0.15, -0.1) is 0 Å². The van der Waals surface area contributed by atoms with Gasteiger partial charge in [0, 0.05) is 16.5 Å². The number of benzene rings is 1. The summed E-state index contributed by atoms with van der Waals surface area (Å²) in [4.78, 5) is 9.51. The monoisotopic (exact) mass is 284 g/mol. The van der Waals surface area contributed by atoms with Gasteiger partial charge in [0.25, 0.3) is 0 Å². The van der Waals surface area contributed by atoms with Crippen LogP contribution in [-0.4, -0.2) is 14.3 Å². The van der Waals surface area contributed by atoms with Gasteiger partial charge >= 0.3 is 0 Å². The van der Waals surface area contributed by atoms with Crippen molar-refractivity contribution in [3.63, 3.8) is 0 Å². The normalized spacial score (nSPS) is 10.5. The van der Waals surface area contributed by atoms with Crippen LogP contribution in [0.1, 0.15) is 11.4 Å². The smallest absolute Gasteiger partial charge is 0.174 e. The molecule has 0 spiro atoms. The third-order valence-corrected chi connectivity index (χ3v) is 4.53. The lowest BCUT2D eigenvalue weighted by Crippen LogP contribution is -1.88. The van der Waals surface area contributed by atoms with Gasteiger partial charge in [-0.2, -0.15) is 9.64 Å². The first-order valence-electron chi connectivity index (χ1n) is 5.54. The Hall–Kier alpha value is -1.97. The van der Waals surface area contributed by atoms with Gasteiger partial charge in [0.1, 0.15) is 11.9 Å². The summed E-state index contributed by atoms with van der Waals surface area (Å²) in [7, 11) is 0. The molecule has 0 radical (unpaired) electrons. The van der Waals surface area contributed by atoms with Crippen LogP contribution in [0, 0.1) is 18.3 Å². The number of hydrogen-bond donors (Lipinski definition) is 0. The molecule has 0 atom stereocenters. The predicted octanol–water partition coefficient (Wildman–Crippen LogP) is 3.42. The highest BCUT2D eigenvalue weighted by atomic mass is 32.2. The second-order valence-corrected chi connectivity index (χ2v) is 5.85. The first kappa shape index (κ1) is 12.1. The average molecular weight is 284 g/mol. The van der Waals surface area contributed by atoms with Gasteiger partial charge in [0.15, 0.2) is 4.34 Å². The van der Waals surface area contributed by atoms with E-state index in [1.165, 1.54) is 23.3 Å². The fourth-order valence-electron chi connectivity index (χ4n) is 1.71. The van der Waals surface area contributed by atoms with E-state index in [9.17, 15) is 5.26 Å². The van der Waals surface area contributed by atoms with Crippen molar-refractivity contribution in [2.24, 2.45) is 0 Å². The predicted molar refractivity (Wildman–Crippen MR) is 75.2 cm³/mol. The van der Waals surface area contributed by atoms with Crippen molar-refractivity contribution < 1.29 is 0 Å². The zero-order valence-electron chi connectivity index (χ0n) is 9.99. The van der Waals surface area contributed by atoms with Crippen LogP contribution in [0.4, 0.5) is 0 Å². The molecule has 2 aromatic heterocycles. The Labute approximate surface area is 118 Å². The summed E-state index contributed by atoms with van der Waals surface area (Å²) in [6.07, 6.45) is 1.61. The maximum absolute atomic E-state index is 9.23. The van der Waals surface area contributed by atoms with Crippen molar-refractivity contribution in [1.29, 1.82) is 5.26 Å². The molecule has 3 rings (SSSR count). The van der Waals surface area contributed by atoms with Gasteiger partial charge in [0.2, 0.25) is 0 Å². The standard InChI is InChI=1S/C13H8N4S2/c1-8-16-13(19-17-8)18-12-9(6-14)7-15-11-5-3-2-4-10(11)12/h2-5,7H,1H3. The van der Waals surface area contributed by atoms with Crippen molar-refractivity contribution in [2.75, 3.05) is 0 Å². The van der Waals surface area contributed by atoms with E-state index in [2.05, 4.69) is 20.4 Å². The van der Waals surface area contributed by atoms with Crippen LogP contribution in [0.3, 0.4) is 0 Å². The van der Waals surface area contributed by atoms with E-state index >= 15 is 0 Å². The van der Waals surface area contributed by atoms with Crippen LogP contribution >= 0.6 is 23.3 Å². The second kappa shape index (κ2) is 4.96. The van der Waals surface area contributed by atoms with Crippen molar-refractivity contribution in [2.45, 2.75) is 16.2 Å². The Kier molecular flexibility index (Phi) is 3.15. The van der Waals surface area contributed by atoms with E-state index in [0.717, 1.165) is 26.0 Å². The number of pyridine rings is 1. The largest absolute Gasteiger partial charge is 0.255 e. The summed E-state index contributed by atoms with van der Waals surface area (Å²) in [5.74, 6) is 0.754. The third kappa shape index (κ3) is 2.30. The number of nitriles is 1. The number of fused-ring (bicyclic) bond motifs is 1. The van der Waals surface area contributed by atoms with E-state index in [4.69, 9.17) is 0 Å². The Morgan fingerprint density at radius 1 is 1.32 bits per heavy atom. The van der Waals surface area contributed by atoms with Crippen molar-refractivity contribution in [1.82, 2.24) is 14.3 Å². The second-order valence-electron chi connectivity index (χ2n) is 3.84. The van der Waals surface area contributed by atoms with Crippen LogP contribution in [0.2, 0.25) is 0 Å². The lowest BCUT2D eigenvalue weighted by Gasteiger charge is -2.05. The Morgan fingerprint density at radius 3 is 2.89 bits per heavy atom. The molecule has 0 N–H and O–H groups in total. The van der Waals surface area contributed by atoms with Gasteiger partial charge in [-0.3, -0.25) is 4.98 Å². The summed E-state index contributed by atoms with van der Waals surface area (Å²) in [6.45, 7) is 1.86. The number of aromatic nitrogens is 3. The molecule has 0 unspecified atom stereocenters. The SMILES string of the molecule is Cc1nsc(Sc2c(C#N)cnc3ccccc23)n1. The summed E-state index contributed by atoms with van der Waals surface area (Å²) in [6, 6.07) is 9.98. The minimum absolute atomic E-state index is 0.566. The van der Waals surface area contributed by atoms with Crippen LogP contribution in [-0.2, 0) is 0 Å². The van der Waals surface area contributed by atoms with E-state index in [0.29, 0.717) is 5.56 Å². The molecule has 0 fully saturated rings. The average Bonchev–Trinajstić information content (AvgIpc) is 2.85. The fourth-order valence-corrected chi connectivity index (χ4v) is 3.49. The van der Waals surface area contributed by atoms with Crippen LogP contribution in [0.5, 0.6) is 0 Å². The fraction of sp³-hybridized carbons (Fsp3) is 0.0769. The summed E-state index contributed by atoms with van der Waals surface area (Å²) >= 11 is 2.82.